The molecule has 0 aromatic carbocycles. The van der Waals surface area contributed by atoms with Crippen LogP contribution in [0.25, 0.3) is 10.2 Å². The third-order valence-electron chi connectivity index (χ3n) is 7.61. The minimum atomic E-state index is -1.33. The molecular weight excluding hydrogens is 633 g/mol. The van der Waals surface area contributed by atoms with Gasteiger partial charge < -0.3 is 32.0 Å². The minimum absolute atomic E-state index is 0.0866. The molecule has 228 valence electrons. The number of β-lactam (4-membered cyclic amide) rings is 1. The standard InChI is InChI=1S/C26H24N8O7S3/c27-24(40)26(4-2-5-26)41-32-16(15-10-44-25(28)30-15)19(36)31-17-20(37)34-18(23(38)39)12(8-42-22(17)34)7-33-6-1-3-13-14(29-11-35)9-43-21(13)33/h1,3,6,9-11,17,22H,2,4-5,7-8H2,(H6-,27,28,29,30,31,35,36,38,39,40)/p+1/b32-16-/t17?,22-/m1/s1. The second-order valence-electron chi connectivity index (χ2n) is 10.2. The number of aliphatic carboxylic acids is 1. The van der Waals surface area contributed by atoms with Gasteiger partial charge in [-0.05, 0) is 25.3 Å². The first-order valence-electron chi connectivity index (χ1n) is 13.2. The highest BCUT2D eigenvalue weighted by Gasteiger charge is 2.55. The van der Waals surface area contributed by atoms with Crippen LogP contribution in [0.5, 0.6) is 0 Å². The number of nitrogen functional groups attached to an aromatic ring is 1. The Kier molecular flexibility index (Phi) is 7.72. The predicted octanol–water partition coefficient (Wildman–Crippen LogP) is 0.363. The number of oxime groups is 1. The van der Waals surface area contributed by atoms with Gasteiger partial charge in [-0.3, -0.25) is 24.1 Å². The summed E-state index contributed by atoms with van der Waals surface area (Å²) in [6.45, 7) is 0.196. The third kappa shape index (κ3) is 5.03. The van der Waals surface area contributed by atoms with Gasteiger partial charge in [0.1, 0.15) is 22.8 Å². The topological polar surface area (TPSA) is 223 Å². The van der Waals surface area contributed by atoms with Crippen molar-refractivity contribution in [1.82, 2.24) is 15.2 Å². The number of aromatic nitrogens is 2. The minimum Gasteiger partial charge on any atom is -0.477 e. The quantitative estimate of drug-likeness (QED) is 0.0626. The van der Waals surface area contributed by atoms with Gasteiger partial charge in [0.25, 0.3) is 22.6 Å². The van der Waals surface area contributed by atoms with Crippen molar-refractivity contribution in [2.24, 2.45) is 10.9 Å². The first-order chi connectivity index (χ1) is 21.1. The normalized spacial score (nSPS) is 20.8. The average Bonchev–Trinajstić information content (AvgIpc) is 3.59. The maximum atomic E-state index is 13.4. The number of thiophene rings is 1. The summed E-state index contributed by atoms with van der Waals surface area (Å²) in [4.78, 5) is 73.7. The SMILES string of the molecule is NC(=O)C1(O/N=C(\C(=O)NC2C(=O)N3C(C(=O)O)=C(C[n+]4cccc5c(NC=O)csc54)CS[C@H]23)c2csc(N)n2)CCC1. The van der Waals surface area contributed by atoms with E-state index < -0.39 is 40.7 Å². The van der Waals surface area contributed by atoms with Crippen LogP contribution < -0.4 is 26.7 Å². The number of amides is 4. The maximum absolute atomic E-state index is 13.4. The van der Waals surface area contributed by atoms with Crippen molar-refractivity contribution in [1.29, 1.82) is 0 Å². The molecule has 3 aliphatic rings. The zero-order valence-electron chi connectivity index (χ0n) is 22.7. The van der Waals surface area contributed by atoms with Crippen LogP contribution in [0.15, 0.2) is 45.5 Å². The van der Waals surface area contributed by atoms with E-state index in [4.69, 9.17) is 16.3 Å². The fraction of sp³-hybridized carbons (Fsp3) is 0.308. The van der Waals surface area contributed by atoms with Crippen molar-refractivity contribution < 1.29 is 38.5 Å². The molecule has 44 heavy (non-hydrogen) atoms. The van der Waals surface area contributed by atoms with Crippen molar-refractivity contribution in [3.8, 4) is 0 Å². The molecular formula is C26H25N8O7S3+. The van der Waals surface area contributed by atoms with Gasteiger partial charge >= 0.3 is 5.97 Å². The van der Waals surface area contributed by atoms with Gasteiger partial charge in [-0.1, -0.05) is 16.5 Å². The summed E-state index contributed by atoms with van der Waals surface area (Å²) < 4.78 is 1.86. The lowest BCUT2D eigenvalue weighted by molar-refractivity contribution is -0.661. The number of carboxylic acid groups (broad SMARTS) is 1. The molecule has 0 bridgehead atoms. The Labute approximate surface area is 260 Å². The Morgan fingerprint density at radius 3 is 2.73 bits per heavy atom. The van der Waals surface area contributed by atoms with Gasteiger partial charge in [0, 0.05) is 28.2 Å². The van der Waals surface area contributed by atoms with Crippen molar-refractivity contribution >= 4 is 91.3 Å². The molecule has 1 unspecified atom stereocenters. The average molecular weight is 658 g/mol. The zero-order chi connectivity index (χ0) is 31.2. The number of nitrogens with one attached hydrogen (secondary N) is 2. The van der Waals surface area contributed by atoms with Gasteiger partial charge in [-0.25, -0.2) is 9.78 Å². The number of pyridine rings is 1. The number of hydrogen-bond acceptors (Lipinski definition) is 12. The highest BCUT2D eigenvalue weighted by molar-refractivity contribution is 8.00. The molecule has 18 heteroatoms. The summed E-state index contributed by atoms with van der Waals surface area (Å²) in [7, 11) is 0. The van der Waals surface area contributed by atoms with Crippen LogP contribution in [-0.2, 0) is 35.4 Å². The number of thioether (sulfide) groups is 1. The number of anilines is 2. The van der Waals surface area contributed by atoms with Gasteiger partial charge in [-0.2, -0.15) is 4.57 Å². The van der Waals surface area contributed by atoms with E-state index in [1.165, 1.54) is 33.4 Å². The number of nitrogens with two attached hydrogens (primary N) is 2. The third-order valence-corrected chi connectivity index (χ3v) is 10.7. The summed E-state index contributed by atoms with van der Waals surface area (Å²) >= 11 is 3.77. The number of thiazole rings is 1. The molecule has 2 atom stereocenters. The lowest BCUT2D eigenvalue weighted by Crippen LogP contribution is -2.71. The Morgan fingerprint density at radius 1 is 1.30 bits per heavy atom. The monoisotopic (exact) mass is 657 g/mol. The molecule has 4 amide bonds. The van der Waals surface area contributed by atoms with E-state index in [-0.39, 0.29) is 34.5 Å². The number of fused-ring (bicyclic) bond motifs is 2. The first-order valence-corrected chi connectivity index (χ1v) is 16.0. The fourth-order valence-corrected chi connectivity index (χ4v) is 8.06. The largest absolute Gasteiger partial charge is 0.477 e. The Morgan fingerprint density at radius 2 is 2.09 bits per heavy atom. The molecule has 1 aliphatic carbocycles. The van der Waals surface area contributed by atoms with Crippen molar-refractivity contribution in [3.63, 3.8) is 0 Å². The van der Waals surface area contributed by atoms with E-state index in [2.05, 4.69) is 20.8 Å². The molecule has 3 aromatic rings. The summed E-state index contributed by atoms with van der Waals surface area (Å²) in [6.07, 6.45) is 3.78. The maximum Gasteiger partial charge on any atom is 0.352 e. The molecule has 2 aliphatic heterocycles. The van der Waals surface area contributed by atoms with Gasteiger partial charge in [-0.15, -0.1) is 23.1 Å². The number of rotatable bonds is 11. The Bertz CT molecular complexity index is 1780. The van der Waals surface area contributed by atoms with E-state index in [1.54, 1.807) is 17.6 Å². The number of carbonyl (C=O) groups excluding carboxylic acids is 4. The number of nitrogens with zero attached hydrogens (tertiary/aromatic N) is 4. The molecule has 6 rings (SSSR count). The van der Waals surface area contributed by atoms with E-state index >= 15 is 0 Å². The summed E-state index contributed by atoms with van der Waals surface area (Å²) in [5.41, 5.74) is 10.7. The van der Waals surface area contributed by atoms with Gasteiger partial charge in [0.15, 0.2) is 23.6 Å². The van der Waals surface area contributed by atoms with Crippen LogP contribution in [-0.4, -0.2) is 73.6 Å². The number of carbonyl (C=O) groups is 5. The van der Waals surface area contributed by atoms with Gasteiger partial charge in [0.05, 0.1) is 11.1 Å². The first kappa shape index (κ1) is 29.5. The summed E-state index contributed by atoms with van der Waals surface area (Å²) in [5.74, 6) is -3.10. The van der Waals surface area contributed by atoms with E-state index in [1.807, 2.05) is 10.6 Å². The molecule has 7 N–H and O–H groups in total. The molecule has 1 saturated heterocycles. The summed E-state index contributed by atoms with van der Waals surface area (Å²) in [5, 5.41) is 22.9. The molecule has 0 radical (unpaired) electrons. The highest BCUT2D eigenvalue weighted by atomic mass is 32.2. The van der Waals surface area contributed by atoms with Crippen LogP contribution >= 0.6 is 34.4 Å². The molecule has 3 aromatic heterocycles. The van der Waals surface area contributed by atoms with Crippen molar-refractivity contribution in [3.05, 3.63) is 46.1 Å². The summed E-state index contributed by atoms with van der Waals surface area (Å²) in [6, 6.07) is 2.59. The Hall–Kier alpha value is -4.55. The second kappa shape index (κ2) is 11.5. The Balaban J connectivity index is 1.23. The molecule has 0 spiro atoms. The molecule has 1 saturated carbocycles. The zero-order valence-corrected chi connectivity index (χ0v) is 25.2. The van der Waals surface area contributed by atoms with E-state index in [9.17, 15) is 29.1 Å². The second-order valence-corrected chi connectivity index (χ2v) is 13.1. The van der Waals surface area contributed by atoms with Crippen LogP contribution in [0, 0.1) is 0 Å². The van der Waals surface area contributed by atoms with E-state index in [0.717, 1.165) is 21.6 Å². The molecule has 2 fully saturated rings. The van der Waals surface area contributed by atoms with Crippen LogP contribution in [0.1, 0.15) is 25.0 Å². The van der Waals surface area contributed by atoms with E-state index in [0.29, 0.717) is 36.9 Å². The highest BCUT2D eigenvalue weighted by Crippen LogP contribution is 2.41. The van der Waals surface area contributed by atoms with Crippen molar-refractivity contribution in [2.75, 3.05) is 16.8 Å². The smallest absolute Gasteiger partial charge is 0.352 e. The number of carboxylic acids is 1. The lowest BCUT2D eigenvalue weighted by atomic mass is 9.80. The van der Waals surface area contributed by atoms with Crippen molar-refractivity contribution in [2.45, 2.75) is 42.8 Å². The lowest BCUT2D eigenvalue weighted by Gasteiger charge is -2.49. The predicted molar refractivity (Wildman–Crippen MR) is 161 cm³/mol. The van der Waals surface area contributed by atoms with Crippen LogP contribution in [0.2, 0.25) is 0 Å². The molecule has 5 heterocycles. The number of primary amides is 1. The fourth-order valence-electron chi connectivity index (χ4n) is 5.19. The van der Waals surface area contributed by atoms with Crippen LogP contribution in [0.3, 0.4) is 0 Å². The number of hydrogen-bond donors (Lipinski definition) is 5. The molecule has 15 nitrogen and oxygen atoms in total. The van der Waals surface area contributed by atoms with Gasteiger partial charge in [0.2, 0.25) is 12.0 Å². The van der Waals surface area contributed by atoms with Crippen LogP contribution in [0.4, 0.5) is 10.8 Å².